The van der Waals surface area contributed by atoms with Crippen molar-refractivity contribution in [2.75, 3.05) is 64.1 Å². The van der Waals surface area contributed by atoms with E-state index in [1.54, 1.807) is 24.5 Å². The molecule has 59 heavy (non-hydrogen) atoms. The second-order valence-electron chi connectivity index (χ2n) is 16.5. The van der Waals surface area contributed by atoms with E-state index < -0.39 is 5.92 Å². The lowest BCUT2D eigenvalue weighted by molar-refractivity contribution is -0.0714. The van der Waals surface area contributed by atoms with Crippen molar-refractivity contribution in [3.63, 3.8) is 0 Å². The van der Waals surface area contributed by atoms with Crippen LogP contribution in [0, 0.1) is 11.3 Å². The fraction of sp³-hybridized carbons (Fsp3) is 0.605. The zero-order valence-corrected chi connectivity index (χ0v) is 35.4. The number of rotatable bonds is 8. The van der Waals surface area contributed by atoms with Crippen LogP contribution in [0.15, 0.2) is 36.7 Å². The summed E-state index contributed by atoms with van der Waals surface area (Å²) in [6.07, 6.45) is 7.81. The van der Waals surface area contributed by atoms with E-state index in [1.807, 2.05) is 24.6 Å². The third-order valence-electron chi connectivity index (χ3n) is 12.4. The van der Waals surface area contributed by atoms with E-state index in [4.69, 9.17) is 42.7 Å². The molecule has 0 radical (unpaired) electrons. The normalized spacial score (nSPS) is 21.8. The zero-order chi connectivity index (χ0) is 41.8. The van der Waals surface area contributed by atoms with Crippen LogP contribution in [0.4, 0.5) is 20.4 Å². The van der Waals surface area contributed by atoms with Gasteiger partial charge in [0.15, 0.2) is 0 Å². The number of aromatic nitrogens is 6. The summed E-state index contributed by atoms with van der Waals surface area (Å²) < 4.78 is 42.6. The molecule has 1 atom stereocenters. The lowest BCUT2D eigenvalue weighted by atomic mass is 9.91. The highest BCUT2D eigenvalue weighted by atomic mass is 35.5. The third kappa shape index (κ3) is 9.57. The van der Waals surface area contributed by atoms with Crippen LogP contribution in [0.5, 0.6) is 0 Å². The smallest absolute Gasteiger partial charge is 0.250 e. The number of anilines is 2. The lowest BCUT2D eigenvalue weighted by Crippen LogP contribution is -2.51. The average Bonchev–Trinajstić information content (AvgIpc) is 3.94. The molecule has 0 spiro atoms. The monoisotopic (exact) mass is 833 g/mol. The van der Waals surface area contributed by atoms with Gasteiger partial charge < -0.3 is 20.9 Å². The predicted octanol–water partition coefficient (Wildman–Crippen LogP) is 7.70. The summed E-state index contributed by atoms with van der Waals surface area (Å²) in [5.41, 5.74) is 17.4. The van der Waals surface area contributed by atoms with E-state index in [2.05, 4.69) is 50.4 Å². The average molecular weight is 834 g/mol. The molecule has 318 valence electrons. The van der Waals surface area contributed by atoms with Crippen molar-refractivity contribution in [2.24, 2.45) is 0 Å². The summed E-state index contributed by atoms with van der Waals surface area (Å²) >= 11 is 6.15. The van der Waals surface area contributed by atoms with E-state index in [-0.39, 0.29) is 36.6 Å². The number of pyridine rings is 2. The summed E-state index contributed by atoms with van der Waals surface area (Å²) in [6.45, 7) is 15.9. The minimum absolute atomic E-state index is 0.0817. The Labute approximate surface area is 351 Å². The fourth-order valence-electron chi connectivity index (χ4n) is 8.83. The molecule has 16 heteroatoms. The fourth-order valence-corrected chi connectivity index (χ4v) is 9.00. The number of nitrogens with zero attached hydrogens (tertiary/aromatic N) is 9. The highest BCUT2D eigenvalue weighted by molar-refractivity contribution is 6.33. The van der Waals surface area contributed by atoms with Crippen molar-refractivity contribution < 1.29 is 18.3 Å². The van der Waals surface area contributed by atoms with Gasteiger partial charge in [-0.2, -0.15) is 15.5 Å². The first-order chi connectivity index (χ1) is 28.5. The molecule has 0 aromatic carbocycles. The van der Waals surface area contributed by atoms with Gasteiger partial charge in [-0.05, 0) is 96.4 Å². The summed E-state index contributed by atoms with van der Waals surface area (Å²) in [7, 11) is 0. The van der Waals surface area contributed by atoms with Crippen molar-refractivity contribution in [1.82, 2.24) is 39.3 Å². The molecule has 1 unspecified atom stereocenters. The largest absolute Gasteiger partial charge is 0.383 e. The number of hydrogen-bond acceptors (Lipinski definition) is 11. The highest BCUT2D eigenvalue weighted by Crippen LogP contribution is 2.44. The molecular weight excluding hydrogens is 776 g/mol. The Hall–Kier alpha value is -4.20. The van der Waals surface area contributed by atoms with Crippen molar-refractivity contribution >= 4 is 23.2 Å². The molecule has 1 aliphatic carbocycles. The molecule has 5 fully saturated rings. The molecule has 1 saturated carbocycles. The summed E-state index contributed by atoms with van der Waals surface area (Å²) in [6, 6.07) is 11.0. The van der Waals surface area contributed by atoms with Gasteiger partial charge in [0.1, 0.15) is 17.7 Å². The van der Waals surface area contributed by atoms with Gasteiger partial charge in [-0.1, -0.05) is 25.4 Å². The van der Waals surface area contributed by atoms with Crippen LogP contribution in [0.1, 0.15) is 114 Å². The number of piperidine rings is 2. The first-order valence-electron chi connectivity index (χ1n) is 21.2. The number of halogens is 3. The summed E-state index contributed by atoms with van der Waals surface area (Å²) in [4.78, 5) is 13.3. The van der Waals surface area contributed by atoms with E-state index >= 15 is 0 Å². The quantitative estimate of drug-likeness (QED) is 0.179. The molecule has 5 aliphatic rings. The van der Waals surface area contributed by atoms with Crippen LogP contribution in [0.2, 0.25) is 5.02 Å². The first-order valence-corrected chi connectivity index (χ1v) is 21.6. The molecule has 4 aromatic rings. The Morgan fingerprint density at radius 3 is 1.78 bits per heavy atom. The number of nitriles is 1. The molecule has 9 rings (SSSR count). The minimum Gasteiger partial charge on any atom is -0.383 e. The zero-order valence-electron chi connectivity index (χ0n) is 34.7. The van der Waals surface area contributed by atoms with Gasteiger partial charge in [-0.15, -0.1) is 0 Å². The Balaban J connectivity index is 0.000000173. The number of alkyl halides is 2. The third-order valence-corrected chi connectivity index (χ3v) is 12.7. The molecular formula is C43H58ClF2N11O2. The van der Waals surface area contributed by atoms with Gasteiger partial charge >= 0.3 is 0 Å². The Morgan fingerprint density at radius 2 is 1.29 bits per heavy atom. The molecule has 13 nitrogen and oxygen atoms in total. The topological polar surface area (TPSA) is 162 Å². The molecule has 4 N–H and O–H groups in total. The van der Waals surface area contributed by atoms with Crippen molar-refractivity contribution in [3.05, 3.63) is 58.6 Å². The second kappa shape index (κ2) is 18.6. The van der Waals surface area contributed by atoms with Gasteiger partial charge in [0.2, 0.25) is 5.92 Å². The highest BCUT2D eigenvalue weighted by Gasteiger charge is 2.42. The maximum absolute atomic E-state index is 14.0. The molecule has 4 aliphatic heterocycles. The summed E-state index contributed by atoms with van der Waals surface area (Å²) in [5, 5.41) is 19.2. The van der Waals surface area contributed by atoms with Crippen LogP contribution in [0.25, 0.3) is 22.5 Å². The Morgan fingerprint density at radius 1 is 0.763 bits per heavy atom. The van der Waals surface area contributed by atoms with E-state index in [1.165, 1.54) is 5.69 Å². The molecule has 4 saturated heterocycles. The van der Waals surface area contributed by atoms with Crippen LogP contribution >= 0.6 is 11.6 Å². The van der Waals surface area contributed by atoms with Crippen LogP contribution < -0.4 is 11.5 Å². The van der Waals surface area contributed by atoms with Crippen LogP contribution in [-0.4, -0.2) is 110 Å². The predicted molar refractivity (Wildman–Crippen MR) is 225 cm³/mol. The maximum atomic E-state index is 14.0. The lowest BCUT2D eigenvalue weighted by Gasteiger charge is -2.41. The Kier molecular flexibility index (Phi) is 13.5. The second-order valence-corrected chi connectivity index (χ2v) is 16.9. The van der Waals surface area contributed by atoms with Gasteiger partial charge in [-0.3, -0.25) is 19.2 Å². The number of hydrogen-bond donors (Lipinski definition) is 2. The van der Waals surface area contributed by atoms with Crippen LogP contribution in [-0.2, 0) is 9.47 Å². The minimum atomic E-state index is -2.62. The molecule has 4 aromatic heterocycles. The van der Waals surface area contributed by atoms with E-state index in [0.29, 0.717) is 46.6 Å². The molecule has 0 bridgehead atoms. The van der Waals surface area contributed by atoms with Gasteiger partial charge in [-0.25, -0.2) is 18.7 Å². The Bertz CT molecular complexity index is 2080. The first kappa shape index (κ1) is 42.9. The van der Waals surface area contributed by atoms with Gasteiger partial charge in [0.05, 0.1) is 66.5 Å². The number of likely N-dealkylation sites (tertiary alicyclic amines) is 2. The summed E-state index contributed by atoms with van der Waals surface area (Å²) in [5.74, 6) is -1.29. The standard InChI is InChI=1S/C21H26ClF2N5O.C20H26N6O.C2H6/c22-17-7-14(10-26-20(17)25)18-8-19(29(27-18)15-1-4-21(23,24)9-15)13-2-5-28(6-3-13)16-11-30-12-16;1-13(2)26-19(14-3-5-25(6-4-14)17-11-27-12-17)8-18(24-26)16-7-15(9-21)20(22)23-10-16;1-2/h7-8,10,13,15-16H,1-6,9,11-12H2,(H2,25,26);7-8,10,13-14,17H,3-6,11-12H2,1-2H3,(H2,22,23);1-2H3. The van der Waals surface area contributed by atoms with Crippen molar-refractivity contribution in [2.45, 2.75) is 115 Å². The van der Waals surface area contributed by atoms with E-state index in [0.717, 1.165) is 101 Å². The SMILES string of the molecule is CC.CC(C)n1nc(-c2cnc(N)c(C#N)c2)cc1C1CCN(C2COC2)CC1.Nc1ncc(-c2cc(C3CCN(C4COC4)CC3)n(C3CCC(F)(F)C3)n2)cc1Cl. The van der Waals surface area contributed by atoms with E-state index in [9.17, 15) is 14.0 Å². The maximum Gasteiger partial charge on any atom is 0.250 e. The van der Waals surface area contributed by atoms with Crippen molar-refractivity contribution in [3.8, 4) is 28.6 Å². The molecule has 0 amide bonds. The van der Waals surface area contributed by atoms with Gasteiger partial charge in [0, 0.05) is 65.6 Å². The van der Waals surface area contributed by atoms with Crippen LogP contribution in [0.3, 0.4) is 0 Å². The number of nitrogens with two attached hydrogens (primary N) is 2. The molecule has 8 heterocycles. The van der Waals surface area contributed by atoms with Crippen molar-refractivity contribution in [1.29, 1.82) is 5.26 Å². The number of nitrogen functional groups attached to an aromatic ring is 2. The number of ether oxygens (including phenoxy) is 2. The van der Waals surface area contributed by atoms with Gasteiger partial charge in [0.25, 0.3) is 0 Å².